The molecular formula is C12H17N3O2. The molecule has 0 saturated heterocycles. The van der Waals surface area contributed by atoms with E-state index in [0.717, 1.165) is 29.4 Å². The van der Waals surface area contributed by atoms with Crippen molar-refractivity contribution in [1.82, 2.24) is 4.57 Å². The molecule has 1 aliphatic heterocycles. The van der Waals surface area contributed by atoms with Gasteiger partial charge in [-0.15, -0.1) is 0 Å². The first kappa shape index (κ1) is 11.9. The summed E-state index contributed by atoms with van der Waals surface area (Å²) < 4.78 is 6.97. The maximum absolute atomic E-state index is 12.0. The molecule has 0 atom stereocenters. The van der Waals surface area contributed by atoms with E-state index in [1.165, 1.54) is 0 Å². The maximum Gasteiger partial charge on any atom is 0.340 e. The molecule has 0 aliphatic carbocycles. The van der Waals surface area contributed by atoms with Crippen molar-refractivity contribution in [2.24, 2.45) is 17.8 Å². The lowest BCUT2D eigenvalue weighted by molar-refractivity contribution is 0.0523. The Morgan fingerprint density at radius 2 is 2.41 bits per heavy atom. The molecule has 0 unspecified atom stereocenters. The Kier molecular flexibility index (Phi) is 3.28. The summed E-state index contributed by atoms with van der Waals surface area (Å²) in [7, 11) is 1.88. The monoisotopic (exact) mass is 235 g/mol. The summed E-state index contributed by atoms with van der Waals surface area (Å²) in [6, 6.07) is 0. The lowest BCUT2D eigenvalue weighted by Crippen LogP contribution is -2.33. The SMILES string of the molecule is CCOC(=O)c1c(CN)n(C)c2c1=CCCN=2. The zero-order valence-corrected chi connectivity index (χ0v) is 10.2. The number of carbonyl (C=O) groups is 1. The predicted molar refractivity (Wildman–Crippen MR) is 64.0 cm³/mol. The van der Waals surface area contributed by atoms with Crippen LogP contribution >= 0.6 is 0 Å². The molecule has 2 rings (SSSR count). The van der Waals surface area contributed by atoms with Crippen LogP contribution in [0.2, 0.25) is 0 Å². The first-order valence-corrected chi connectivity index (χ1v) is 5.80. The Morgan fingerprint density at radius 1 is 1.65 bits per heavy atom. The minimum atomic E-state index is -0.307. The largest absolute Gasteiger partial charge is 0.462 e. The average molecular weight is 235 g/mol. The number of aromatic nitrogens is 1. The van der Waals surface area contributed by atoms with Gasteiger partial charge in [0, 0.05) is 31.0 Å². The van der Waals surface area contributed by atoms with Crippen molar-refractivity contribution in [3.63, 3.8) is 0 Å². The van der Waals surface area contributed by atoms with Gasteiger partial charge in [0.2, 0.25) is 0 Å². The third-order valence-corrected chi connectivity index (χ3v) is 2.93. The number of nitrogens with two attached hydrogens (primary N) is 1. The number of fused-ring (bicyclic) bond motifs is 1. The lowest BCUT2D eigenvalue weighted by atomic mass is 10.1. The van der Waals surface area contributed by atoms with Crippen molar-refractivity contribution in [2.75, 3.05) is 13.2 Å². The Morgan fingerprint density at radius 3 is 3.06 bits per heavy atom. The summed E-state index contributed by atoms with van der Waals surface area (Å²) in [4.78, 5) is 16.4. The lowest BCUT2D eigenvalue weighted by Gasteiger charge is -2.04. The highest BCUT2D eigenvalue weighted by atomic mass is 16.5. The summed E-state index contributed by atoms with van der Waals surface area (Å²) in [5.74, 6) is -0.307. The molecular weight excluding hydrogens is 218 g/mol. The van der Waals surface area contributed by atoms with Gasteiger partial charge in [-0.3, -0.25) is 4.99 Å². The molecule has 0 bridgehead atoms. The van der Waals surface area contributed by atoms with Gasteiger partial charge < -0.3 is 15.0 Å². The minimum Gasteiger partial charge on any atom is -0.462 e. The van der Waals surface area contributed by atoms with E-state index in [4.69, 9.17) is 10.5 Å². The number of rotatable bonds is 3. The van der Waals surface area contributed by atoms with E-state index in [2.05, 4.69) is 4.99 Å². The zero-order valence-electron chi connectivity index (χ0n) is 10.2. The first-order chi connectivity index (χ1) is 8.20. The first-order valence-electron chi connectivity index (χ1n) is 5.80. The fraction of sp³-hybridized carbons (Fsp3) is 0.500. The second-order valence-electron chi connectivity index (χ2n) is 3.92. The summed E-state index contributed by atoms with van der Waals surface area (Å²) in [6.07, 6.45) is 2.89. The number of hydrogen-bond donors (Lipinski definition) is 1. The molecule has 5 heteroatoms. The topological polar surface area (TPSA) is 69.6 Å². The van der Waals surface area contributed by atoms with Crippen LogP contribution in [0.3, 0.4) is 0 Å². The van der Waals surface area contributed by atoms with Crippen LogP contribution in [0.5, 0.6) is 0 Å². The zero-order chi connectivity index (χ0) is 12.4. The van der Waals surface area contributed by atoms with Crippen LogP contribution in [0.15, 0.2) is 4.99 Å². The Labute approximate surface area is 99.6 Å². The van der Waals surface area contributed by atoms with Crippen LogP contribution in [0.25, 0.3) is 6.08 Å². The van der Waals surface area contributed by atoms with Gasteiger partial charge in [0.05, 0.1) is 12.2 Å². The molecule has 0 fully saturated rings. The molecule has 0 spiro atoms. The highest BCUT2D eigenvalue weighted by molar-refractivity contribution is 5.91. The van der Waals surface area contributed by atoms with Gasteiger partial charge in [0.25, 0.3) is 0 Å². The van der Waals surface area contributed by atoms with E-state index in [9.17, 15) is 4.79 Å². The Hall–Kier alpha value is -1.62. The third kappa shape index (κ3) is 1.86. The third-order valence-electron chi connectivity index (χ3n) is 2.93. The second-order valence-corrected chi connectivity index (χ2v) is 3.92. The van der Waals surface area contributed by atoms with E-state index >= 15 is 0 Å². The van der Waals surface area contributed by atoms with Crippen molar-refractivity contribution in [1.29, 1.82) is 0 Å². The summed E-state index contributed by atoms with van der Waals surface area (Å²) in [6.45, 7) is 3.23. The number of hydrogen-bond acceptors (Lipinski definition) is 4. The molecule has 1 aromatic rings. The molecule has 1 aromatic heterocycles. The molecule has 0 radical (unpaired) electrons. The number of nitrogens with zero attached hydrogens (tertiary/aromatic N) is 2. The summed E-state index contributed by atoms with van der Waals surface area (Å²) >= 11 is 0. The normalized spacial score (nSPS) is 13.6. The number of carbonyl (C=O) groups excluding carboxylic acids is 1. The van der Waals surface area contributed by atoms with Gasteiger partial charge in [-0.25, -0.2) is 4.79 Å². The smallest absolute Gasteiger partial charge is 0.340 e. The van der Waals surface area contributed by atoms with E-state index in [1.54, 1.807) is 6.92 Å². The van der Waals surface area contributed by atoms with Crippen molar-refractivity contribution in [3.8, 4) is 0 Å². The predicted octanol–water partition coefficient (Wildman–Crippen LogP) is -0.536. The fourth-order valence-electron chi connectivity index (χ4n) is 2.18. The Bertz CT molecular complexity index is 557. The number of esters is 1. The fourth-order valence-corrected chi connectivity index (χ4v) is 2.18. The van der Waals surface area contributed by atoms with Crippen LogP contribution in [0.4, 0.5) is 0 Å². The van der Waals surface area contributed by atoms with Crippen molar-refractivity contribution < 1.29 is 9.53 Å². The van der Waals surface area contributed by atoms with Crippen molar-refractivity contribution >= 4 is 12.0 Å². The van der Waals surface area contributed by atoms with E-state index in [0.29, 0.717) is 18.7 Å². The average Bonchev–Trinajstić information content (AvgIpc) is 2.63. The van der Waals surface area contributed by atoms with Gasteiger partial charge in [-0.1, -0.05) is 6.08 Å². The highest BCUT2D eigenvalue weighted by Crippen LogP contribution is 2.05. The molecule has 2 N–H and O–H groups in total. The van der Waals surface area contributed by atoms with Crippen molar-refractivity contribution in [3.05, 3.63) is 22.0 Å². The summed E-state index contributed by atoms with van der Waals surface area (Å²) in [5.41, 5.74) is 7.91. The minimum absolute atomic E-state index is 0.307. The van der Waals surface area contributed by atoms with E-state index < -0.39 is 0 Å². The molecule has 0 saturated carbocycles. The molecule has 17 heavy (non-hydrogen) atoms. The standard InChI is InChI=1S/C12H17N3O2/c1-3-17-12(16)10-8-5-4-6-14-11(8)15(2)9(10)7-13/h5H,3-4,6-7,13H2,1-2H3. The van der Waals surface area contributed by atoms with Crippen molar-refractivity contribution in [2.45, 2.75) is 19.9 Å². The molecule has 1 aliphatic rings. The van der Waals surface area contributed by atoms with Gasteiger partial charge in [-0.2, -0.15) is 0 Å². The molecule has 5 nitrogen and oxygen atoms in total. The van der Waals surface area contributed by atoms with Crippen LogP contribution < -0.4 is 16.4 Å². The molecule has 0 aromatic carbocycles. The van der Waals surface area contributed by atoms with Gasteiger partial charge in [0.1, 0.15) is 5.49 Å². The second kappa shape index (κ2) is 4.71. The molecule has 0 amide bonds. The van der Waals surface area contributed by atoms with Crippen LogP contribution in [-0.4, -0.2) is 23.7 Å². The van der Waals surface area contributed by atoms with E-state index in [1.807, 2.05) is 17.7 Å². The highest BCUT2D eigenvalue weighted by Gasteiger charge is 2.20. The van der Waals surface area contributed by atoms with E-state index in [-0.39, 0.29) is 5.97 Å². The quantitative estimate of drug-likeness (QED) is 0.716. The van der Waals surface area contributed by atoms with Gasteiger partial charge in [0.15, 0.2) is 0 Å². The van der Waals surface area contributed by atoms with Crippen LogP contribution in [0, 0.1) is 0 Å². The maximum atomic E-state index is 12.0. The molecule has 2 heterocycles. The van der Waals surface area contributed by atoms with Crippen LogP contribution in [-0.2, 0) is 18.3 Å². The molecule has 92 valence electrons. The Balaban J connectivity index is 2.70. The van der Waals surface area contributed by atoms with Crippen LogP contribution in [0.1, 0.15) is 29.4 Å². The summed E-state index contributed by atoms with van der Waals surface area (Å²) in [5, 5.41) is 0.873. The van der Waals surface area contributed by atoms with Gasteiger partial charge >= 0.3 is 5.97 Å². The van der Waals surface area contributed by atoms with Gasteiger partial charge in [-0.05, 0) is 13.3 Å². The number of ether oxygens (including phenoxy) is 1.